The number of esters is 1. The molecule has 3 aromatic heterocycles. The van der Waals surface area contributed by atoms with E-state index >= 15 is 0 Å². The molecule has 0 unspecified atom stereocenters. The molecule has 3 aromatic carbocycles. The molecule has 0 saturated heterocycles. The fourth-order valence-electron chi connectivity index (χ4n) is 5.83. The number of nitrogens with one attached hydrogen (secondary N) is 1. The Labute approximate surface area is 281 Å². The van der Waals surface area contributed by atoms with Crippen molar-refractivity contribution in [2.75, 3.05) is 16.8 Å². The first kappa shape index (κ1) is 31.0. The molecule has 6 aromatic rings. The van der Waals surface area contributed by atoms with Gasteiger partial charge in [0.25, 0.3) is 11.8 Å². The Bertz CT molecular complexity index is 2150. The van der Waals surface area contributed by atoms with Gasteiger partial charge in [-0.1, -0.05) is 53.8 Å². The van der Waals surface area contributed by atoms with Crippen molar-refractivity contribution in [1.82, 2.24) is 14.5 Å². The molecule has 1 aliphatic rings. The highest BCUT2D eigenvalue weighted by molar-refractivity contribution is 7.22. The summed E-state index contributed by atoms with van der Waals surface area (Å²) < 4.78 is 8.29. The summed E-state index contributed by atoms with van der Waals surface area (Å²) in [6.45, 7) is 6.52. The number of amides is 1. The van der Waals surface area contributed by atoms with Crippen molar-refractivity contribution in [3.63, 3.8) is 0 Å². The second-order valence-electron chi connectivity index (χ2n) is 12.6. The van der Waals surface area contributed by atoms with E-state index in [-0.39, 0.29) is 17.5 Å². The Hall–Kier alpha value is -5.61. The first-order valence-corrected chi connectivity index (χ1v) is 16.5. The molecule has 0 aliphatic carbocycles. The summed E-state index contributed by atoms with van der Waals surface area (Å²) in [7, 11) is 0. The lowest BCUT2D eigenvalue weighted by atomic mass is 9.94. The maximum atomic E-state index is 13.6. The van der Waals surface area contributed by atoms with Crippen LogP contribution < -0.4 is 10.2 Å². The molecule has 10 heteroatoms. The van der Waals surface area contributed by atoms with Crippen molar-refractivity contribution < 1.29 is 19.1 Å². The van der Waals surface area contributed by atoms with Gasteiger partial charge in [0.2, 0.25) is 0 Å². The number of carbonyl (C=O) groups is 3. The van der Waals surface area contributed by atoms with Crippen LogP contribution in [0.3, 0.4) is 0 Å². The number of fused-ring (bicyclic) bond motifs is 2. The molecule has 1 amide bonds. The van der Waals surface area contributed by atoms with Gasteiger partial charge in [-0.25, -0.2) is 14.8 Å². The third-order valence-corrected chi connectivity index (χ3v) is 9.04. The topological polar surface area (TPSA) is 106 Å². The molecule has 240 valence electrons. The summed E-state index contributed by atoms with van der Waals surface area (Å²) in [6.07, 6.45) is 4.08. The number of ether oxygens (including phenoxy) is 1. The highest BCUT2D eigenvalue weighted by Gasteiger charge is 2.27. The molecule has 4 heterocycles. The molecule has 0 fully saturated rings. The Morgan fingerprint density at radius 1 is 0.875 bits per heavy atom. The SMILES string of the molecule is CC(C)(C)OC(=O)c1nc(N2CCc3cccc(C(=O)Nc4nc5ccccc5s4)c3C2)ccc1-c1ccn(C(=O)c2ccccc2)c1. The smallest absolute Gasteiger partial charge is 0.358 e. The maximum absolute atomic E-state index is 13.6. The minimum absolute atomic E-state index is 0.153. The van der Waals surface area contributed by atoms with Gasteiger partial charge in [0.05, 0.1) is 10.2 Å². The lowest BCUT2D eigenvalue weighted by Crippen LogP contribution is -2.33. The van der Waals surface area contributed by atoms with Gasteiger partial charge in [0.15, 0.2) is 10.8 Å². The van der Waals surface area contributed by atoms with Crippen LogP contribution in [0.15, 0.2) is 103 Å². The summed E-state index contributed by atoms with van der Waals surface area (Å²) in [5.41, 5.74) is 4.60. The number of carbonyl (C=O) groups excluding carboxylic acids is 3. The van der Waals surface area contributed by atoms with Crippen LogP contribution in [0.4, 0.5) is 10.9 Å². The van der Waals surface area contributed by atoms with Crippen LogP contribution in [0.25, 0.3) is 21.3 Å². The zero-order valence-corrected chi connectivity index (χ0v) is 27.6. The molecule has 0 spiro atoms. The number of nitrogens with zero attached hydrogens (tertiary/aromatic N) is 4. The molecule has 1 N–H and O–H groups in total. The van der Waals surface area contributed by atoms with Crippen LogP contribution in [0, 0.1) is 0 Å². The monoisotopic (exact) mass is 655 g/mol. The normalized spacial score (nSPS) is 12.9. The zero-order valence-electron chi connectivity index (χ0n) is 26.8. The van der Waals surface area contributed by atoms with Crippen LogP contribution in [0.1, 0.15) is 63.1 Å². The van der Waals surface area contributed by atoms with E-state index in [1.54, 1.807) is 30.6 Å². The predicted octanol–water partition coefficient (Wildman–Crippen LogP) is 7.62. The Balaban J connectivity index is 1.19. The number of rotatable bonds is 6. The van der Waals surface area contributed by atoms with E-state index in [2.05, 4.69) is 15.2 Å². The third-order valence-electron chi connectivity index (χ3n) is 8.09. The van der Waals surface area contributed by atoms with E-state index in [1.165, 1.54) is 15.9 Å². The van der Waals surface area contributed by atoms with Crippen LogP contribution in [0.2, 0.25) is 0 Å². The van der Waals surface area contributed by atoms with Crippen LogP contribution in [0.5, 0.6) is 0 Å². The van der Waals surface area contributed by atoms with Gasteiger partial charge in [-0.15, -0.1) is 0 Å². The summed E-state index contributed by atoms with van der Waals surface area (Å²) in [6, 6.07) is 28.1. The third kappa shape index (κ3) is 6.34. The minimum atomic E-state index is -0.739. The predicted molar refractivity (Wildman–Crippen MR) is 188 cm³/mol. The van der Waals surface area contributed by atoms with Crippen LogP contribution in [-0.2, 0) is 17.7 Å². The number of hydrogen-bond acceptors (Lipinski definition) is 8. The molecule has 48 heavy (non-hydrogen) atoms. The molecule has 0 bridgehead atoms. The number of thiazole rings is 1. The summed E-state index contributed by atoms with van der Waals surface area (Å²) in [4.78, 5) is 51.7. The zero-order chi connectivity index (χ0) is 33.4. The van der Waals surface area contributed by atoms with E-state index in [0.717, 1.165) is 21.3 Å². The number of pyridine rings is 1. The molecule has 0 saturated carbocycles. The maximum Gasteiger partial charge on any atom is 0.358 e. The lowest BCUT2D eigenvalue weighted by Gasteiger charge is -2.31. The highest BCUT2D eigenvalue weighted by Crippen LogP contribution is 2.32. The first-order chi connectivity index (χ1) is 23.1. The van der Waals surface area contributed by atoms with Crippen LogP contribution in [-0.4, -0.2) is 44.5 Å². The van der Waals surface area contributed by atoms with Gasteiger partial charge in [0, 0.05) is 47.7 Å². The fraction of sp³-hybridized carbons (Fsp3) is 0.184. The lowest BCUT2D eigenvalue weighted by molar-refractivity contribution is 0.00637. The molecule has 0 atom stereocenters. The average molecular weight is 656 g/mol. The number of anilines is 2. The van der Waals surface area contributed by atoms with Crippen molar-refractivity contribution >= 4 is 50.3 Å². The van der Waals surface area contributed by atoms with Gasteiger partial charge in [-0.2, -0.15) is 0 Å². The van der Waals surface area contributed by atoms with E-state index in [9.17, 15) is 14.4 Å². The first-order valence-electron chi connectivity index (χ1n) is 15.7. The summed E-state index contributed by atoms with van der Waals surface area (Å²) >= 11 is 1.44. The Kier molecular flexibility index (Phi) is 8.10. The molecule has 1 aliphatic heterocycles. The second-order valence-corrected chi connectivity index (χ2v) is 13.6. The van der Waals surface area contributed by atoms with Crippen molar-refractivity contribution in [3.8, 4) is 11.1 Å². The molecule has 7 rings (SSSR count). The van der Waals surface area contributed by atoms with Gasteiger partial charge < -0.3 is 9.64 Å². The van der Waals surface area contributed by atoms with Gasteiger partial charge in [0.1, 0.15) is 11.4 Å². The van der Waals surface area contributed by atoms with E-state index in [0.29, 0.717) is 52.7 Å². The number of aromatic nitrogens is 3. The minimum Gasteiger partial charge on any atom is -0.455 e. The quantitative estimate of drug-likeness (QED) is 0.184. The van der Waals surface area contributed by atoms with E-state index in [4.69, 9.17) is 9.72 Å². The molecule has 9 nitrogen and oxygen atoms in total. The summed E-state index contributed by atoms with van der Waals surface area (Å²) in [5.74, 6) is -0.374. The van der Waals surface area contributed by atoms with Gasteiger partial charge >= 0.3 is 5.97 Å². The van der Waals surface area contributed by atoms with Crippen LogP contribution >= 0.6 is 11.3 Å². The number of para-hydroxylation sites is 1. The fourth-order valence-corrected chi connectivity index (χ4v) is 6.69. The van der Waals surface area contributed by atoms with E-state index < -0.39 is 11.6 Å². The number of benzene rings is 3. The molecular formula is C38H33N5O4S. The second kappa shape index (κ2) is 12.5. The van der Waals surface area contributed by atoms with Gasteiger partial charge in [-0.3, -0.25) is 19.5 Å². The number of hydrogen-bond donors (Lipinski definition) is 1. The van der Waals surface area contributed by atoms with Crippen molar-refractivity contribution in [3.05, 3.63) is 131 Å². The largest absolute Gasteiger partial charge is 0.455 e. The molecule has 0 radical (unpaired) electrons. The Morgan fingerprint density at radius 3 is 2.46 bits per heavy atom. The average Bonchev–Trinajstić information content (AvgIpc) is 3.74. The molecular weight excluding hydrogens is 623 g/mol. The standard InChI is InChI=1S/C38H33N5O4S/c1-38(2,3)47-36(46)33-27(26-19-21-43(22-26)35(45)25-10-5-4-6-11-25)16-17-32(40-33)42-20-18-24-12-9-13-28(29(24)23-42)34(44)41-37-39-30-14-7-8-15-31(30)48-37/h4-17,19,21-22H,18,20,23H2,1-3H3,(H,39,41,44). The van der Waals surface area contributed by atoms with Gasteiger partial charge in [-0.05, 0) is 86.8 Å². The van der Waals surface area contributed by atoms with Crippen molar-refractivity contribution in [1.29, 1.82) is 0 Å². The van der Waals surface area contributed by atoms with Crippen molar-refractivity contribution in [2.45, 2.75) is 39.3 Å². The Morgan fingerprint density at radius 2 is 1.67 bits per heavy atom. The van der Waals surface area contributed by atoms with Crippen molar-refractivity contribution in [2.24, 2.45) is 0 Å². The summed E-state index contributed by atoms with van der Waals surface area (Å²) in [5, 5.41) is 3.54. The highest BCUT2D eigenvalue weighted by atomic mass is 32.1. The van der Waals surface area contributed by atoms with E-state index in [1.807, 2.05) is 93.6 Å².